The number of benzene rings is 11. The van der Waals surface area contributed by atoms with Crippen LogP contribution in [0.4, 0.5) is 0 Å². The Morgan fingerprint density at radius 1 is 0.250 bits per heavy atom. The fraction of sp³-hybridized carbons (Fsp3) is 0. The lowest BCUT2D eigenvalue weighted by molar-refractivity contribution is 1.07. The molecule has 0 N–H and O–H groups in total. The van der Waals surface area contributed by atoms with Crippen LogP contribution in [-0.4, -0.2) is 34.1 Å². The van der Waals surface area contributed by atoms with E-state index >= 15 is 0 Å². The van der Waals surface area contributed by atoms with Crippen molar-refractivity contribution in [3.8, 4) is 79.4 Å². The van der Waals surface area contributed by atoms with Crippen molar-refractivity contribution in [1.82, 2.24) is 34.1 Å². The minimum absolute atomic E-state index is 0.615. The van der Waals surface area contributed by atoms with Crippen molar-refractivity contribution in [2.75, 3.05) is 0 Å². The maximum atomic E-state index is 5.16. The number of hydrogen-bond acceptors (Lipinski definition) is 5. The summed E-state index contributed by atoms with van der Waals surface area (Å²) in [5.41, 5.74) is 12.9. The van der Waals surface area contributed by atoms with Gasteiger partial charge in [-0.1, -0.05) is 218 Å². The van der Waals surface area contributed by atoms with Crippen molar-refractivity contribution >= 4 is 65.0 Å². The van der Waals surface area contributed by atoms with Crippen molar-refractivity contribution in [2.24, 2.45) is 0 Å². The molecule has 11 aromatic carbocycles. The van der Waals surface area contributed by atoms with E-state index in [0.29, 0.717) is 23.3 Å². The van der Waals surface area contributed by atoms with Crippen LogP contribution in [0.2, 0.25) is 0 Å². The Morgan fingerprint density at radius 2 is 0.662 bits per heavy atom. The Kier molecular flexibility index (Phi) is 11.4. The topological polar surface area (TPSA) is 74.3 Å². The standard InChI is InChI=1S/C73H47N7/c1-5-21-48(22-6-1)63-46-64(75-70(74-63)50-23-7-2-8-24-50)49-37-41-56(42-38-49)79-47-55-30-13-15-31-58(55)67-59-32-16-17-33-60(59)69-68(62(67)45-54-29-14-19-35-65(54)79)61-34-18-20-36-66(61)80(69)57-43-39-53(40-44-57)73-77-71(51-25-9-3-10-26-51)76-72(78-73)52-27-11-4-12-28-52/h1-47H. The van der Waals surface area contributed by atoms with Crippen molar-refractivity contribution in [1.29, 1.82) is 0 Å². The van der Waals surface area contributed by atoms with E-state index in [9.17, 15) is 0 Å². The summed E-state index contributed by atoms with van der Waals surface area (Å²) in [4.78, 5) is 25.3. The normalized spacial score (nSPS) is 11.5. The molecule has 0 spiro atoms. The number of aromatic nitrogens is 7. The fourth-order valence-electron chi connectivity index (χ4n) is 11.5. The summed E-state index contributed by atoms with van der Waals surface area (Å²) in [6.45, 7) is 0. The van der Waals surface area contributed by atoms with Crippen LogP contribution in [0.5, 0.6) is 0 Å². The quantitative estimate of drug-likeness (QED) is 0.152. The van der Waals surface area contributed by atoms with E-state index in [4.69, 9.17) is 24.9 Å². The van der Waals surface area contributed by atoms with Gasteiger partial charge in [-0.3, -0.25) is 0 Å². The molecule has 374 valence electrons. The number of nitrogens with zero attached hydrogens (tertiary/aromatic N) is 7. The van der Waals surface area contributed by atoms with E-state index in [1.54, 1.807) is 0 Å². The van der Waals surface area contributed by atoms with Gasteiger partial charge in [0.15, 0.2) is 23.3 Å². The Balaban J connectivity index is 0.932. The van der Waals surface area contributed by atoms with Gasteiger partial charge in [-0.05, 0) is 93.0 Å². The minimum Gasteiger partial charge on any atom is -0.316 e. The van der Waals surface area contributed by atoms with E-state index in [2.05, 4.69) is 209 Å². The average Bonchev–Trinajstić information content (AvgIpc) is 4.01. The van der Waals surface area contributed by atoms with Crippen LogP contribution < -0.4 is 0 Å². The molecule has 0 aliphatic carbocycles. The molecular formula is C73H47N7. The molecule has 0 unspecified atom stereocenters. The molecule has 0 saturated heterocycles. The van der Waals surface area contributed by atoms with E-state index in [1.165, 1.54) is 21.5 Å². The van der Waals surface area contributed by atoms with Crippen LogP contribution in [0, 0.1) is 0 Å². The Hall–Kier alpha value is -10.9. The molecule has 15 rings (SSSR count). The molecular weight excluding hydrogens is 975 g/mol. The Morgan fingerprint density at radius 3 is 1.25 bits per heavy atom. The highest BCUT2D eigenvalue weighted by Gasteiger charge is 2.21. The number of rotatable bonds is 8. The van der Waals surface area contributed by atoms with Crippen molar-refractivity contribution in [3.63, 3.8) is 0 Å². The van der Waals surface area contributed by atoms with Gasteiger partial charge in [-0.15, -0.1) is 0 Å². The first-order valence-corrected chi connectivity index (χ1v) is 26.9. The van der Waals surface area contributed by atoms with E-state index in [0.717, 1.165) is 99.6 Å². The molecule has 0 saturated carbocycles. The molecule has 0 bridgehead atoms. The van der Waals surface area contributed by atoms with Crippen molar-refractivity contribution in [3.05, 3.63) is 285 Å². The van der Waals surface area contributed by atoms with Crippen molar-refractivity contribution < 1.29 is 0 Å². The van der Waals surface area contributed by atoms with Gasteiger partial charge < -0.3 is 9.13 Å². The van der Waals surface area contributed by atoms with Gasteiger partial charge in [0.25, 0.3) is 0 Å². The fourth-order valence-corrected chi connectivity index (χ4v) is 11.5. The predicted octanol–water partition coefficient (Wildman–Crippen LogP) is 18.3. The van der Waals surface area contributed by atoms with Crippen molar-refractivity contribution in [2.45, 2.75) is 0 Å². The second kappa shape index (κ2) is 19.6. The summed E-state index contributed by atoms with van der Waals surface area (Å²) in [7, 11) is 0. The molecule has 80 heavy (non-hydrogen) atoms. The van der Waals surface area contributed by atoms with Crippen LogP contribution in [-0.2, 0) is 0 Å². The van der Waals surface area contributed by atoms with Gasteiger partial charge in [0.2, 0.25) is 0 Å². The third kappa shape index (κ3) is 8.20. The van der Waals surface area contributed by atoms with E-state index in [1.807, 2.05) is 84.9 Å². The summed E-state index contributed by atoms with van der Waals surface area (Å²) in [6, 6.07) is 98.1. The highest BCUT2D eigenvalue weighted by Crippen LogP contribution is 2.45. The lowest BCUT2D eigenvalue weighted by atomic mass is 9.94. The minimum atomic E-state index is 0.615. The summed E-state index contributed by atoms with van der Waals surface area (Å²) < 4.78 is 4.78. The molecule has 0 amide bonds. The molecule has 7 heteroatoms. The van der Waals surface area contributed by atoms with Crippen LogP contribution >= 0.6 is 0 Å². The molecule has 0 fully saturated rings. The Labute approximate surface area is 461 Å². The number of hydrogen-bond donors (Lipinski definition) is 0. The second-order valence-corrected chi connectivity index (χ2v) is 20.0. The molecule has 0 radical (unpaired) electrons. The molecule has 4 heterocycles. The maximum absolute atomic E-state index is 5.16. The third-order valence-corrected chi connectivity index (χ3v) is 15.2. The van der Waals surface area contributed by atoms with E-state index in [-0.39, 0.29) is 0 Å². The SMILES string of the molecule is c1ccc(-c2cc(-c3ccc(-n4cc5ccccc5c5c6ccccc6c6c(c5cc5ccccc54)c4ccccc4n6-c4ccc(-c5nc(-c6ccccc6)nc(-c6ccccc6)n5)cc4)cc3)nc(-c3ccccc3)n2)cc1. The summed E-state index contributed by atoms with van der Waals surface area (Å²) in [5.74, 6) is 2.57. The highest BCUT2D eigenvalue weighted by atomic mass is 15.0. The lowest BCUT2D eigenvalue weighted by Gasteiger charge is -2.13. The zero-order valence-corrected chi connectivity index (χ0v) is 43.3. The Bertz CT molecular complexity index is 4770. The first kappa shape index (κ1) is 46.4. The van der Waals surface area contributed by atoms with Gasteiger partial charge in [-0.2, -0.15) is 0 Å². The zero-order valence-electron chi connectivity index (χ0n) is 43.3. The third-order valence-electron chi connectivity index (χ3n) is 15.2. The lowest BCUT2D eigenvalue weighted by Crippen LogP contribution is -2.00. The predicted molar refractivity (Wildman–Crippen MR) is 329 cm³/mol. The first-order chi connectivity index (χ1) is 39.7. The molecule has 7 nitrogen and oxygen atoms in total. The molecule has 0 aliphatic rings. The maximum Gasteiger partial charge on any atom is 0.164 e. The van der Waals surface area contributed by atoms with Crippen LogP contribution in [0.1, 0.15) is 0 Å². The molecule has 15 aromatic rings. The summed E-state index contributed by atoms with van der Waals surface area (Å²) in [5, 5.41) is 10.4. The number of para-hydroxylation sites is 2. The summed E-state index contributed by atoms with van der Waals surface area (Å²) >= 11 is 0. The van der Waals surface area contributed by atoms with Gasteiger partial charge in [0, 0.05) is 67.1 Å². The first-order valence-electron chi connectivity index (χ1n) is 26.9. The molecule has 0 atom stereocenters. The molecule has 0 aliphatic heterocycles. The highest BCUT2D eigenvalue weighted by molar-refractivity contribution is 6.36. The smallest absolute Gasteiger partial charge is 0.164 e. The zero-order chi connectivity index (χ0) is 52.9. The molecule has 4 aromatic heterocycles. The average molecular weight is 1020 g/mol. The van der Waals surface area contributed by atoms with Gasteiger partial charge in [0.1, 0.15) is 0 Å². The second-order valence-electron chi connectivity index (χ2n) is 20.0. The van der Waals surface area contributed by atoms with Gasteiger partial charge >= 0.3 is 0 Å². The van der Waals surface area contributed by atoms with Crippen LogP contribution in [0.25, 0.3) is 144 Å². The summed E-state index contributed by atoms with van der Waals surface area (Å²) in [6.07, 6.45) is 2.31. The van der Waals surface area contributed by atoms with Crippen LogP contribution in [0.3, 0.4) is 0 Å². The van der Waals surface area contributed by atoms with Gasteiger partial charge in [0.05, 0.1) is 27.9 Å². The van der Waals surface area contributed by atoms with E-state index < -0.39 is 0 Å². The monoisotopic (exact) mass is 1020 g/mol. The largest absolute Gasteiger partial charge is 0.316 e. The number of fused-ring (bicyclic) bond motifs is 11. The van der Waals surface area contributed by atoms with Gasteiger partial charge in [-0.25, -0.2) is 24.9 Å². The van der Waals surface area contributed by atoms with Crippen LogP contribution in [0.15, 0.2) is 285 Å².